The van der Waals surface area contributed by atoms with E-state index in [4.69, 9.17) is 11.5 Å². The number of carboxylic acid groups (broad SMARTS) is 1. The second-order valence-corrected chi connectivity index (χ2v) is 3.28. The van der Waals surface area contributed by atoms with Crippen molar-refractivity contribution in [1.29, 1.82) is 0 Å². The number of benzene rings is 1. The lowest BCUT2D eigenvalue weighted by molar-refractivity contribution is -0.139. The Hall–Kier alpha value is -2.35. The second-order valence-electron chi connectivity index (χ2n) is 3.28. The van der Waals surface area contributed by atoms with Crippen LogP contribution in [0.5, 0.6) is 0 Å². The van der Waals surface area contributed by atoms with Crippen LogP contribution in [0.25, 0.3) is 0 Å². The molecular weight excluding hydrogens is 225 g/mol. The molecule has 0 aliphatic heterocycles. The number of hydrogen-bond donors (Lipinski definition) is 2. The van der Waals surface area contributed by atoms with E-state index >= 15 is 0 Å². The van der Waals surface area contributed by atoms with Crippen LogP contribution >= 0.6 is 0 Å². The van der Waals surface area contributed by atoms with Crippen LogP contribution in [0.4, 0.5) is 4.39 Å². The standard InChI is InChI=1S/C12H10FNO3/c1-2-3-10(12(16)17)14-11(15)8-4-6-9(13)7-5-8/h1,4-7,10H,3H2,(H,14,15)(H,16,17)/t10-/m0/s1. The maximum Gasteiger partial charge on any atom is 0.327 e. The number of halogens is 1. The lowest BCUT2D eigenvalue weighted by Gasteiger charge is -2.11. The van der Waals surface area contributed by atoms with Gasteiger partial charge in [0.2, 0.25) is 0 Å². The molecule has 0 unspecified atom stereocenters. The van der Waals surface area contributed by atoms with Gasteiger partial charge in [-0.15, -0.1) is 12.3 Å². The Bertz CT molecular complexity index is 462. The average molecular weight is 235 g/mol. The lowest BCUT2D eigenvalue weighted by Crippen LogP contribution is -2.40. The minimum atomic E-state index is -1.21. The van der Waals surface area contributed by atoms with Crippen molar-refractivity contribution in [3.8, 4) is 12.3 Å². The molecule has 0 aliphatic carbocycles. The smallest absolute Gasteiger partial charge is 0.327 e. The molecule has 1 amide bonds. The molecule has 0 aromatic heterocycles. The minimum Gasteiger partial charge on any atom is -0.480 e. The molecule has 5 heteroatoms. The molecule has 17 heavy (non-hydrogen) atoms. The predicted octanol–water partition coefficient (Wildman–Crippen LogP) is 1.03. The zero-order valence-corrected chi connectivity index (χ0v) is 8.81. The number of aliphatic carboxylic acids is 1. The Morgan fingerprint density at radius 2 is 2.00 bits per heavy atom. The summed E-state index contributed by atoms with van der Waals surface area (Å²) < 4.78 is 12.6. The van der Waals surface area contributed by atoms with E-state index in [1.807, 2.05) is 0 Å². The summed E-state index contributed by atoms with van der Waals surface area (Å²) in [4.78, 5) is 22.3. The highest BCUT2D eigenvalue weighted by molar-refractivity contribution is 5.96. The molecule has 88 valence electrons. The number of carboxylic acids is 1. The van der Waals surface area contributed by atoms with Gasteiger partial charge in [0.05, 0.1) is 0 Å². The van der Waals surface area contributed by atoms with E-state index in [0.717, 1.165) is 12.1 Å². The first-order chi connectivity index (χ1) is 8.04. The van der Waals surface area contributed by atoms with Crippen molar-refractivity contribution in [3.05, 3.63) is 35.6 Å². The number of terminal acetylenes is 1. The molecule has 0 saturated heterocycles. The molecular formula is C12H10FNO3. The van der Waals surface area contributed by atoms with Crippen LogP contribution in [0.15, 0.2) is 24.3 Å². The SMILES string of the molecule is C#CC[C@H](NC(=O)c1ccc(F)cc1)C(=O)O. The summed E-state index contributed by atoms with van der Waals surface area (Å²) in [6.45, 7) is 0. The second kappa shape index (κ2) is 5.66. The van der Waals surface area contributed by atoms with Crippen molar-refractivity contribution in [2.45, 2.75) is 12.5 Å². The molecule has 0 fully saturated rings. The Morgan fingerprint density at radius 1 is 1.41 bits per heavy atom. The van der Waals surface area contributed by atoms with Crippen molar-refractivity contribution < 1.29 is 19.1 Å². The third kappa shape index (κ3) is 3.61. The van der Waals surface area contributed by atoms with E-state index in [-0.39, 0.29) is 12.0 Å². The summed E-state index contributed by atoms with van der Waals surface area (Å²) in [6, 6.07) is 3.62. The van der Waals surface area contributed by atoms with Gasteiger partial charge in [-0.2, -0.15) is 0 Å². The van der Waals surface area contributed by atoms with Gasteiger partial charge < -0.3 is 10.4 Å². The van der Waals surface area contributed by atoms with Gasteiger partial charge >= 0.3 is 5.97 Å². The molecule has 0 heterocycles. The summed E-state index contributed by atoms with van der Waals surface area (Å²) in [5.74, 6) is -0.127. The number of carbonyl (C=O) groups is 2. The van der Waals surface area contributed by atoms with E-state index in [2.05, 4.69) is 11.2 Å². The fourth-order valence-electron chi connectivity index (χ4n) is 1.16. The van der Waals surface area contributed by atoms with Crippen molar-refractivity contribution in [2.75, 3.05) is 0 Å². The van der Waals surface area contributed by atoms with Crippen molar-refractivity contribution >= 4 is 11.9 Å². The molecule has 1 rings (SSSR count). The Balaban J connectivity index is 2.74. The summed E-state index contributed by atoms with van der Waals surface area (Å²) >= 11 is 0. The quantitative estimate of drug-likeness (QED) is 0.766. The Morgan fingerprint density at radius 3 is 2.47 bits per heavy atom. The van der Waals surface area contributed by atoms with Crippen LogP contribution < -0.4 is 5.32 Å². The van der Waals surface area contributed by atoms with Gasteiger partial charge in [0, 0.05) is 12.0 Å². The highest BCUT2D eigenvalue weighted by atomic mass is 19.1. The van der Waals surface area contributed by atoms with Crippen LogP contribution in [0.2, 0.25) is 0 Å². The van der Waals surface area contributed by atoms with E-state index in [0.29, 0.717) is 0 Å². The zero-order valence-electron chi connectivity index (χ0n) is 8.81. The third-order valence-electron chi connectivity index (χ3n) is 2.03. The molecule has 2 N–H and O–H groups in total. The van der Waals surface area contributed by atoms with Gasteiger partial charge in [-0.1, -0.05) is 0 Å². The van der Waals surface area contributed by atoms with Crippen LogP contribution in [0, 0.1) is 18.2 Å². The van der Waals surface area contributed by atoms with Crippen molar-refractivity contribution in [2.24, 2.45) is 0 Å². The maximum atomic E-state index is 12.6. The number of nitrogens with one attached hydrogen (secondary N) is 1. The number of hydrogen-bond acceptors (Lipinski definition) is 2. The van der Waals surface area contributed by atoms with E-state index in [1.165, 1.54) is 12.1 Å². The monoisotopic (exact) mass is 235 g/mol. The summed E-state index contributed by atoms with van der Waals surface area (Å²) in [5, 5.41) is 11.0. The maximum absolute atomic E-state index is 12.6. The molecule has 1 aromatic rings. The molecule has 4 nitrogen and oxygen atoms in total. The molecule has 0 bridgehead atoms. The summed E-state index contributed by atoms with van der Waals surface area (Å²) in [5.41, 5.74) is 0.176. The highest BCUT2D eigenvalue weighted by Crippen LogP contribution is 2.03. The molecule has 0 aliphatic rings. The van der Waals surface area contributed by atoms with Gasteiger partial charge in [0.15, 0.2) is 0 Å². The van der Waals surface area contributed by atoms with Crippen molar-refractivity contribution in [3.63, 3.8) is 0 Å². The van der Waals surface area contributed by atoms with E-state index in [9.17, 15) is 14.0 Å². The number of carbonyl (C=O) groups excluding carboxylic acids is 1. The van der Waals surface area contributed by atoms with Gasteiger partial charge in [-0.25, -0.2) is 9.18 Å². The first-order valence-electron chi connectivity index (χ1n) is 4.77. The van der Waals surface area contributed by atoms with Gasteiger partial charge in [0.1, 0.15) is 11.9 Å². The summed E-state index contributed by atoms with van der Waals surface area (Å²) in [7, 11) is 0. The molecule has 0 radical (unpaired) electrons. The van der Waals surface area contributed by atoms with Crippen molar-refractivity contribution in [1.82, 2.24) is 5.32 Å². The first kappa shape index (κ1) is 12.7. The normalized spacial score (nSPS) is 11.3. The highest BCUT2D eigenvalue weighted by Gasteiger charge is 2.19. The Labute approximate surface area is 97.5 Å². The number of rotatable bonds is 4. The molecule has 0 saturated carbocycles. The van der Waals surface area contributed by atoms with Gasteiger partial charge in [0.25, 0.3) is 5.91 Å². The van der Waals surface area contributed by atoms with Crippen LogP contribution in [0.3, 0.4) is 0 Å². The topological polar surface area (TPSA) is 66.4 Å². The Kier molecular flexibility index (Phi) is 4.23. The summed E-state index contributed by atoms with van der Waals surface area (Å²) in [6.07, 6.45) is 4.88. The molecule has 0 spiro atoms. The molecule has 1 atom stereocenters. The molecule has 1 aromatic carbocycles. The zero-order chi connectivity index (χ0) is 12.8. The lowest BCUT2D eigenvalue weighted by atomic mass is 10.1. The van der Waals surface area contributed by atoms with Crippen LogP contribution in [0.1, 0.15) is 16.8 Å². The van der Waals surface area contributed by atoms with Crippen LogP contribution in [-0.4, -0.2) is 23.0 Å². The fraction of sp³-hybridized carbons (Fsp3) is 0.167. The fourth-order valence-corrected chi connectivity index (χ4v) is 1.16. The number of amides is 1. The van der Waals surface area contributed by atoms with E-state index in [1.54, 1.807) is 0 Å². The third-order valence-corrected chi connectivity index (χ3v) is 2.03. The minimum absolute atomic E-state index is 0.109. The predicted molar refractivity (Wildman–Crippen MR) is 58.7 cm³/mol. The first-order valence-corrected chi connectivity index (χ1v) is 4.77. The van der Waals surface area contributed by atoms with E-state index < -0.39 is 23.7 Å². The van der Waals surface area contributed by atoms with Crippen LogP contribution in [-0.2, 0) is 4.79 Å². The van der Waals surface area contributed by atoms with Gasteiger partial charge in [-0.3, -0.25) is 4.79 Å². The average Bonchev–Trinajstić information content (AvgIpc) is 2.29. The van der Waals surface area contributed by atoms with Gasteiger partial charge in [-0.05, 0) is 24.3 Å². The largest absolute Gasteiger partial charge is 0.480 e.